The third kappa shape index (κ3) is 19.0. The molecule has 0 spiro atoms. The van der Waals surface area contributed by atoms with Crippen LogP contribution in [0.5, 0.6) is 0 Å². The highest BCUT2D eigenvalue weighted by molar-refractivity contribution is 5.76. The fraction of sp³-hybridized carbons (Fsp3) is 0.967. The first-order valence-corrected chi connectivity index (χ1v) is 14.8. The molecule has 0 N–H and O–H groups in total. The number of carbonyl (C=O) groups is 1. The maximum Gasteiger partial charge on any atom is 0.311 e. The van der Waals surface area contributed by atoms with Gasteiger partial charge >= 0.3 is 5.97 Å². The first kappa shape index (κ1) is 31.5. The van der Waals surface area contributed by atoms with Crippen LogP contribution in [0.4, 0.5) is 0 Å². The normalized spacial score (nSPS) is 13.2. The van der Waals surface area contributed by atoms with Crippen molar-refractivity contribution in [3.63, 3.8) is 0 Å². The summed E-state index contributed by atoms with van der Waals surface area (Å²) in [4.78, 5) is 12.7. The highest BCUT2D eigenvalue weighted by Crippen LogP contribution is 2.32. The summed E-state index contributed by atoms with van der Waals surface area (Å²) >= 11 is 0. The van der Waals surface area contributed by atoms with E-state index in [0.717, 1.165) is 32.1 Å². The maximum absolute atomic E-state index is 12.7. The molecule has 0 amide bonds. The predicted octanol–water partition coefficient (Wildman–Crippen LogP) is 10.6. The molecule has 0 fully saturated rings. The lowest BCUT2D eigenvalue weighted by atomic mass is 9.80. The molecule has 0 saturated carbocycles. The first-order chi connectivity index (χ1) is 15.6. The van der Waals surface area contributed by atoms with Crippen molar-refractivity contribution in [3.8, 4) is 0 Å². The lowest BCUT2D eigenvalue weighted by Crippen LogP contribution is -2.30. The molecule has 0 bridgehead atoms. The van der Waals surface area contributed by atoms with E-state index in [-0.39, 0.29) is 11.4 Å². The standard InChI is InChI=1S/C30H60O2/c1-5-8-10-12-14-15-16-17-18-19-20-21-23-25-28-32-29(31)30(4,26-7-3)27-24-22-13-11-9-6-2/h5-28H2,1-4H3. The van der Waals surface area contributed by atoms with E-state index in [4.69, 9.17) is 4.74 Å². The summed E-state index contributed by atoms with van der Waals surface area (Å²) in [5.41, 5.74) is -0.268. The van der Waals surface area contributed by atoms with Crippen molar-refractivity contribution in [2.45, 2.75) is 175 Å². The number of unbranched alkanes of at least 4 members (excludes halogenated alkanes) is 18. The summed E-state index contributed by atoms with van der Waals surface area (Å²) in [6.07, 6.45) is 29.7. The number of rotatable bonds is 25. The van der Waals surface area contributed by atoms with Crippen LogP contribution in [0.3, 0.4) is 0 Å². The number of hydrogen-bond acceptors (Lipinski definition) is 2. The van der Waals surface area contributed by atoms with Gasteiger partial charge in [-0.1, -0.05) is 149 Å². The molecule has 1 unspecified atom stereocenters. The molecule has 0 saturated heterocycles. The second-order valence-corrected chi connectivity index (χ2v) is 10.6. The average Bonchev–Trinajstić information content (AvgIpc) is 2.78. The third-order valence-electron chi connectivity index (χ3n) is 7.11. The molecule has 32 heavy (non-hydrogen) atoms. The Bertz CT molecular complexity index is 392. The molecule has 0 aliphatic rings. The van der Waals surface area contributed by atoms with E-state index < -0.39 is 0 Å². The van der Waals surface area contributed by atoms with Gasteiger partial charge < -0.3 is 4.74 Å². The Morgan fingerprint density at radius 3 is 1.28 bits per heavy atom. The van der Waals surface area contributed by atoms with Crippen LogP contribution < -0.4 is 0 Å². The second kappa shape index (κ2) is 23.6. The van der Waals surface area contributed by atoms with Gasteiger partial charge in [-0.15, -0.1) is 0 Å². The van der Waals surface area contributed by atoms with Crippen molar-refractivity contribution in [1.29, 1.82) is 0 Å². The molecule has 0 radical (unpaired) electrons. The molecule has 2 heteroatoms. The number of hydrogen-bond donors (Lipinski definition) is 0. The van der Waals surface area contributed by atoms with Crippen LogP contribution in [0.2, 0.25) is 0 Å². The van der Waals surface area contributed by atoms with Crippen LogP contribution in [-0.2, 0) is 9.53 Å². The summed E-state index contributed by atoms with van der Waals surface area (Å²) in [5, 5.41) is 0. The molecular formula is C30H60O2. The van der Waals surface area contributed by atoms with Crippen LogP contribution in [0, 0.1) is 5.41 Å². The summed E-state index contributed by atoms with van der Waals surface area (Å²) in [7, 11) is 0. The lowest BCUT2D eigenvalue weighted by molar-refractivity contribution is -0.156. The summed E-state index contributed by atoms with van der Waals surface area (Å²) in [6.45, 7) is 9.48. The predicted molar refractivity (Wildman–Crippen MR) is 142 cm³/mol. The molecule has 0 aromatic rings. The lowest BCUT2D eigenvalue weighted by Gasteiger charge is -2.27. The van der Waals surface area contributed by atoms with Gasteiger partial charge in [0.25, 0.3) is 0 Å². The number of esters is 1. The van der Waals surface area contributed by atoms with E-state index in [2.05, 4.69) is 27.7 Å². The molecule has 0 heterocycles. The molecule has 192 valence electrons. The van der Waals surface area contributed by atoms with Gasteiger partial charge in [0, 0.05) is 0 Å². The van der Waals surface area contributed by atoms with Gasteiger partial charge in [0.1, 0.15) is 0 Å². The van der Waals surface area contributed by atoms with Gasteiger partial charge in [-0.2, -0.15) is 0 Å². The van der Waals surface area contributed by atoms with Gasteiger partial charge in [-0.25, -0.2) is 0 Å². The summed E-state index contributed by atoms with van der Waals surface area (Å²) in [6, 6.07) is 0. The van der Waals surface area contributed by atoms with Gasteiger partial charge in [0.05, 0.1) is 12.0 Å². The molecule has 0 aromatic carbocycles. The van der Waals surface area contributed by atoms with Gasteiger partial charge in [-0.3, -0.25) is 4.79 Å². The van der Waals surface area contributed by atoms with Gasteiger partial charge in [-0.05, 0) is 26.2 Å². The van der Waals surface area contributed by atoms with E-state index in [1.807, 2.05) is 0 Å². The molecule has 1 atom stereocenters. The van der Waals surface area contributed by atoms with Crippen molar-refractivity contribution in [2.24, 2.45) is 5.41 Å². The Morgan fingerprint density at radius 1 is 0.500 bits per heavy atom. The Balaban J connectivity index is 3.65. The fourth-order valence-electron chi connectivity index (χ4n) is 4.81. The fourth-order valence-corrected chi connectivity index (χ4v) is 4.81. The molecule has 0 aromatic heterocycles. The zero-order valence-electron chi connectivity index (χ0n) is 22.8. The highest BCUT2D eigenvalue weighted by Gasteiger charge is 2.33. The largest absolute Gasteiger partial charge is 0.465 e. The quantitative estimate of drug-likeness (QED) is 0.102. The smallest absolute Gasteiger partial charge is 0.311 e. The topological polar surface area (TPSA) is 26.3 Å². The van der Waals surface area contributed by atoms with Crippen LogP contribution in [0.25, 0.3) is 0 Å². The van der Waals surface area contributed by atoms with Crippen molar-refractivity contribution < 1.29 is 9.53 Å². The minimum atomic E-state index is -0.268. The van der Waals surface area contributed by atoms with E-state index in [1.165, 1.54) is 116 Å². The first-order valence-electron chi connectivity index (χ1n) is 14.8. The summed E-state index contributed by atoms with van der Waals surface area (Å²) in [5.74, 6) is 0.0580. The van der Waals surface area contributed by atoms with Crippen molar-refractivity contribution >= 4 is 5.97 Å². The van der Waals surface area contributed by atoms with Crippen molar-refractivity contribution in [3.05, 3.63) is 0 Å². The Kier molecular flexibility index (Phi) is 23.2. The van der Waals surface area contributed by atoms with E-state index >= 15 is 0 Å². The molecule has 0 aliphatic carbocycles. The molecule has 0 rings (SSSR count). The SMILES string of the molecule is CCCCCCCCCCCCCCCCOC(=O)C(C)(CCC)CCCCCCCC. The Labute approximate surface area is 203 Å². The van der Waals surface area contributed by atoms with Crippen molar-refractivity contribution in [1.82, 2.24) is 0 Å². The minimum absolute atomic E-state index is 0.0580. The zero-order chi connectivity index (χ0) is 23.8. The zero-order valence-corrected chi connectivity index (χ0v) is 22.8. The monoisotopic (exact) mass is 452 g/mol. The average molecular weight is 453 g/mol. The Morgan fingerprint density at radius 2 is 0.875 bits per heavy atom. The van der Waals surface area contributed by atoms with Crippen LogP contribution in [-0.4, -0.2) is 12.6 Å². The van der Waals surface area contributed by atoms with Crippen LogP contribution in [0.15, 0.2) is 0 Å². The van der Waals surface area contributed by atoms with Gasteiger partial charge in [0.15, 0.2) is 0 Å². The second-order valence-electron chi connectivity index (χ2n) is 10.6. The van der Waals surface area contributed by atoms with E-state index in [0.29, 0.717) is 6.61 Å². The maximum atomic E-state index is 12.7. The van der Waals surface area contributed by atoms with E-state index in [1.54, 1.807) is 0 Å². The Hall–Kier alpha value is -0.530. The van der Waals surface area contributed by atoms with Crippen LogP contribution in [0.1, 0.15) is 175 Å². The summed E-state index contributed by atoms with van der Waals surface area (Å²) < 4.78 is 5.72. The third-order valence-corrected chi connectivity index (χ3v) is 7.11. The van der Waals surface area contributed by atoms with E-state index in [9.17, 15) is 4.79 Å². The number of carbonyl (C=O) groups excluding carboxylic acids is 1. The highest BCUT2D eigenvalue weighted by atomic mass is 16.5. The number of ether oxygens (including phenoxy) is 1. The van der Waals surface area contributed by atoms with Crippen molar-refractivity contribution in [2.75, 3.05) is 6.61 Å². The van der Waals surface area contributed by atoms with Gasteiger partial charge in [0.2, 0.25) is 0 Å². The molecule has 0 aliphatic heterocycles. The molecule has 2 nitrogen and oxygen atoms in total. The van der Waals surface area contributed by atoms with Crippen LogP contribution >= 0.6 is 0 Å². The molecular weight excluding hydrogens is 392 g/mol. The minimum Gasteiger partial charge on any atom is -0.465 e.